The molecule has 0 aliphatic heterocycles. The molecule has 0 aliphatic rings. The second-order valence-electron chi connectivity index (χ2n) is 18.2. The summed E-state index contributed by atoms with van der Waals surface area (Å²) in [7, 11) is 1.62. The third-order valence-electron chi connectivity index (χ3n) is 11.4. The molecule has 0 aliphatic carbocycles. The average molecular weight is 818 g/mol. The standard InChI is InChI=1S/C47H97N2O6P/c1-6-8-10-11-12-13-14-15-16-17-18-19-20-21-22-23-24-25-26-27-28-29-30-31-32-33-34-35-36-37-39-40-46(50)45(48-47(51)41-38-9-7-2)44-55-56(52,53)54-43-42-49(3,4)5/h45-46,50H,6-44H2,1-5H3,(H-,48,51,52,53)/p+1. The van der Waals surface area contributed by atoms with E-state index in [0.717, 1.165) is 38.5 Å². The van der Waals surface area contributed by atoms with E-state index in [9.17, 15) is 19.4 Å². The highest BCUT2D eigenvalue weighted by atomic mass is 31.2. The summed E-state index contributed by atoms with van der Waals surface area (Å²) in [4.78, 5) is 22.7. The number of quaternary nitrogens is 1. The molecule has 0 radical (unpaired) electrons. The number of hydrogen-bond acceptors (Lipinski definition) is 5. The molecule has 9 heteroatoms. The van der Waals surface area contributed by atoms with Crippen molar-refractivity contribution in [1.29, 1.82) is 0 Å². The number of aliphatic hydroxyl groups is 1. The van der Waals surface area contributed by atoms with E-state index in [1.54, 1.807) is 0 Å². The van der Waals surface area contributed by atoms with E-state index in [2.05, 4.69) is 19.2 Å². The van der Waals surface area contributed by atoms with Gasteiger partial charge in [0.2, 0.25) is 5.91 Å². The van der Waals surface area contributed by atoms with Crippen LogP contribution in [0.4, 0.5) is 0 Å². The van der Waals surface area contributed by atoms with Crippen molar-refractivity contribution in [2.24, 2.45) is 0 Å². The van der Waals surface area contributed by atoms with Gasteiger partial charge < -0.3 is 19.8 Å². The molecule has 56 heavy (non-hydrogen) atoms. The molecule has 3 N–H and O–H groups in total. The molecule has 0 heterocycles. The molecule has 3 unspecified atom stereocenters. The van der Waals surface area contributed by atoms with Crippen LogP contribution in [0.5, 0.6) is 0 Å². The Bertz CT molecular complexity index is 885. The molecule has 1 amide bonds. The van der Waals surface area contributed by atoms with E-state index in [-0.39, 0.29) is 19.1 Å². The third-order valence-corrected chi connectivity index (χ3v) is 12.3. The number of carbonyl (C=O) groups excluding carboxylic acids is 1. The summed E-state index contributed by atoms with van der Waals surface area (Å²) in [6.45, 7) is 4.74. The summed E-state index contributed by atoms with van der Waals surface area (Å²) in [5.74, 6) is -0.166. The van der Waals surface area contributed by atoms with E-state index >= 15 is 0 Å². The summed E-state index contributed by atoms with van der Waals surface area (Å²) < 4.78 is 23.4. The first kappa shape index (κ1) is 55.5. The fraction of sp³-hybridized carbons (Fsp3) is 0.979. The van der Waals surface area contributed by atoms with Crippen LogP contribution in [0.15, 0.2) is 0 Å². The molecule has 0 bridgehead atoms. The molecule has 0 saturated carbocycles. The maximum atomic E-state index is 12.5. The van der Waals surface area contributed by atoms with E-state index < -0.39 is 20.0 Å². The molecule has 0 aromatic rings. The van der Waals surface area contributed by atoms with Crippen molar-refractivity contribution in [1.82, 2.24) is 5.32 Å². The number of unbranched alkanes of at least 4 members (excludes halogenated alkanes) is 32. The SMILES string of the molecule is CCCCCCCCCCCCCCCCCCCCCCCCCCCCCCCCCC(O)C(COP(=O)(O)OCC[N+](C)(C)C)NC(=O)CCCCC. The minimum absolute atomic E-state index is 0.0769. The second-order valence-corrected chi connectivity index (χ2v) is 19.7. The van der Waals surface area contributed by atoms with Crippen LogP contribution in [-0.2, 0) is 18.4 Å². The first-order valence-electron chi connectivity index (χ1n) is 24.4. The van der Waals surface area contributed by atoms with Crippen LogP contribution in [0, 0.1) is 0 Å². The lowest BCUT2D eigenvalue weighted by atomic mass is 10.0. The number of nitrogens with one attached hydrogen (secondary N) is 1. The second kappa shape index (κ2) is 39.9. The van der Waals surface area contributed by atoms with Gasteiger partial charge in [-0.1, -0.05) is 226 Å². The van der Waals surface area contributed by atoms with Crippen molar-refractivity contribution in [2.75, 3.05) is 40.9 Å². The smallest absolute Gasteiger partial charge is 0.391 e. The minimum Gasteiger partial charge on any atom is -0.391 e. The molecule has 336 valence electrons. The molecule has 8 nitrogen and oxygen atoms in total. The Morgan fingerprint density at radius 2 is 0.857 bits per heavy atom. The van der Waals surface area contributed by atoms with Crippen LogP contribution in [0.3, 0.4) is 0 Å². The zero-order valence-electron chi connectivity index (χ0n) is 38.2. The number of likely N-dealkylation sites (N-methyl/N-ethyl adjacent to an activating group) is 1. The zero-order chi connectivity index (χ0) is 41.4. The average Bonchev–Trinajstić information content (AvgIpc) is 3.15. The van der Waals surface area contributed by atoms with Crippen LogP contribution in [-0.4, -0.2) is 73.4 Å². The van der Waals surface area contributed by atoms with Gasteiger partial charge in [0.15, 0.2) is 0 Å². The molecule has 0 rings (SSSR count). The van der Waals surface area contributed by atoms with Gasteiger partial charge in [-0.3, -0.25) is 13.8 Å². The highest BCUT2D eigenvalue weighted by Gasteiger charge is 2.28. The molecular formula is C47H98N2O6P+. The van der Waals surface area contributed by atoms with Crippen molar-refractivity contribution in [2.45, 2.75) is 257 Å². The summed E-state index contributed by atoms with van der Waals surface area (Å²) in [6, 6.07) is -0.750. The number of amides is 1. The molecule has 0 aromatic heterocycles. The van der Waals surface area contributed by atoms with E-state index in [4.69, 9.17) is 9.05 Å². The fourth-order valence-corrected chi connectivity index (χ4v) is 8.20. The lowest BCUT2D eigenvalue weighted by Crippen LogP contribution is -2.46. The summed E-state index contributed by atoms with van der Waals surface area (Å²) in [5.41, 5.74) is 0. The monoisotopic (exact) mass is 818 g/mol. The number of carbonyl (C=O) groups is 1. The van der Waals surface area contributed by atoms with Crippen LogP contribution in [0.25, 0.3) is 0 Å². The van der Waals surface area contributed by atoms with E-state index in [0.29, 0.717) is 23.9 Å². The maximum absolute atomic E-state index is 12.5. The third kappa shape index (κ3) is 41.7. The van der Waals surface area contributed by atoms with Gasteiger partial charge in [-0.25, -0.2) is 4.57 Å². The Morgan fingerprint density at radius 3 is 1.20 bits per heavy atom. The van der Waals surface area contributed by atoms with E-state index in [1.165, 1.54) is 180 Å². The van der Waals surface area contributed by atoms with Crippen LogP contribution >= 0.6 is 7.82 Å². The van der Waals surface area contributed by atoms with Crippen molar-refractivity contribution in [3.63, 3.8) is 0 Å². The molecule has 0 fully saturated rings. The quantitative estimate of drug-likeness (QED) is 0.0321. The predicted octanol–water partition coefficient (Wildman–Crippen LogP) is 13.8. The first-order valence-corrected chi connectivity index (χ1v) is 25.9. The van der Waals surface area contributed by atoms with Gasteiger partial charge in [-0.2, -0.15) is 0 Å². The lowest BCUT2D eigenvalue weighted by molar-refractivity contribution is -0.870. The van der Waals surface area contributed by atoms with Crippen molar-refractivity contribution in [3.05, 3.63) is 0 Å². The Hall–Kier alpha value is -0.500. The van der Waals surface area contributed by atoms with Gasteiger partial charge in [0.25, 0.3) is 0 Å². The van der Waals surface area contributed by atoms with E-state index in [1.807, 2.05) is 21.1 Å². The van der Waals surface area contributed by atoms with Gasteiger partial charge in [0, 0.05) is 6.42 Å². The zero-order valence-corrected chi connectivity index (χ0v) is 39.0. The molecule has 0 aromatic carbocycles. The molecular weight excluding hydrogens is 719 g/mol. The first-order chi connectivity index (χ1) is 27.0. The fourth-order valence-electron chi connectivity index (χ4n) is 7.46. The number of hydrogen-bond donors (Lipinski definition) is 3. The normalized spacial score (nSPS) is 14.2. The summed E-state index contributed by atoms with van der Waals surface area (Å²) in [5, 5.41) is 13.8. The number of nitrogens with zero attached hydrogens (tertiary/aromatic N) is 1. The van der Waals surface area contributed by atoms with Gasteiger partial charge in [-0.05, 0) is 12.8 Å². The summed E-state index contributed by atoms with van der Waals surface area (Å²) >= 11 is 0. The topological polar surface area (TPSA) is 105 Å². The molecule has 0 spiro atoms. The van der Waals surface area contributed by atoms with Crippen LogP contribution in [0.1, 0.15) is 245 Å². The number of phosphoric ester groups is 1. The number of aliphatic hydroxyl groups excluding tert-OH is 1. The Morgan fingerprint density at radius 1 is 0.536 bits per heavy atom. The molecule has 3 atom stereocenters. The van der Waals surface area contributed by atoms with Gasteiger partial charge in [0.1, 0.15) is 13.2 Å². The maximum Gasteiger partial charge on any atom is 0.472 e. The van der Waals surface area contributed by atoms with Crippen molar-refractivity contribution < 1.29 is 32.9 Å². The van der Waals surface area contributed by atoms with Crippen LogP contribution < -0.4 is 5.32 Å². The predicted molar refractivity (Wildman–Crippen MR) is 240 cm³/mol. The van der Waals surface area contributed by atoms with Gasteiger partial charge >= 0.3 is 7.82 Å². The largest absolute Gasteiger partial charge is 0.472 e. The highest BCUT2D eigenvalue weighted by molar-refractivity contribution is 7.47. The minimum atomic E-state index is -4.29. The van der Waals surface area contributed by atoms with Gasteiger partial charge in [-0.15, -0.1) is 0 Å². The van der Waals surface area contributed by atoms with Gasteiger partial charge in [0.05, 0.1) is 39.9 Å². The Balaban J connectivity index is 3.73. The lowest BCUT2D eigenvalue weighted by Gasteiger charge is -2.26. The van der Waals surface area contributed by atoms with Crippen molar-refractivity contribution in [3.8, 4) is 0 Å². The van der Waals surface area contributed by atoms with Crippen molar-refractivity contribution >= 4 is 13.7 Å². The summed E-state index contributed by atoms with van der Waals surface area (Å²) in [6.07, 6.45) is 45.4. The molecule has 0 saturated heterocycles. The number of rotatable bonds is 45. The number of phosphoric acid groups is 1. The van der Waals surface area contributed by atoms with Crippen LogP contribution in [0.2, 0.25) is 0 Å². The Labute approximate surface area is 349 Å². The Kier molecular flexibility index (Phi) is 39.6. The highest BCUT2D eigenvalue weighted by Crippen LogP contribution is 2.43.